The lowest BCUT2D eigenvalue weighted by Gasteiger charge is -2.07. The van der Waals surface area contributed by atoms with Gasteiger partial charge in [0.15, 0.2) is 0 Å². The fourth-order valence-electron chi connectivity index (χ4n) is 1.55. The van der Waals surface area contributed by atoms with E-state index in [2.05, 4.69) is 19.1 Å². The Kier molecular flexibility index (Phi) is 6.34. The van der Waals surface area contributed by atoms with Crippen LogP contribution in [0.3, 0.4) is 0 Å². The lowest BCUT2D eigenvalue weighted by atomic mass is 10.1. The topological polar surface area (TPSA) is 43.1 Å². The van der Waals surface area contributed by atoms with Crippen LogP contribution in [0.1, 0.15) is 18.9 Å². The van der Waals surface area contributed by atoms with E-state index < -0.39 is 10.8 Å². The van der Waals surface area contributed by atoms with Gasteiger partial charge in [-0.2, -0.15) is 0 Å². The van der Waals surface area contributed by atoms with Gasteiger partial charge in [0, 0.05) is 22.3 Å². The molecule has 2 nitrogen and oxygen atoms in total. The largest absolute Gasteiger partial charge is 0.330 e. The molecule has 0 heterocycles. The smallest absolute Gasteiger partial charge is 0.0272 e. The van der Waals surface area contributed by atoms with Crippen molar-refractivity contribution < 1.29 is 4.21 Å². The van der Waals surface area contributed by atoms with Crippen molar-refractivity contribution in [2.75, 3.05) is 18.1 Å². The first-order valence-corrected chi connectivity index (χ1v) is 7.30. The molecule has 2 atom stereocenters. The van der Waals surface area contributed by atoms with Crippen molar-refractivity contribution in [3.63, 3.8) is 0 Å². The molecule has 1 rings (SSSR count). The Morgan fingerprint density at radius 3 is 2.62 bits per heavy atom. The highest BCUT2D eigenvalue weighted by atomic mass is 32.2. The van der Waals surface area contributed by atoms with Gasteiger partial charge in [-0.15, -0.1) is 0 Å². The van der Waals surface area contributed by atoms with E-state index in [4.69, 9.17) is 5.73 Å². The number of benzene rings is 1. The second kappa shape index (κ2) is 7.58. The normalized spacial score (nSPS) is 14.6. The molecule has 0 radical (unpaired) electrons. The maximum absolute atomic E-state index is 11.7. The third kappa shape index (κ3) is 5.42. The number of rotatable bonds is 7. The maximum Gasteiger partial charge on any atom is 0.0272 e. The zero-order valence-electron chi connectivity index (χ0n) is 9.89. The summed E-state index contributed by atoms with van der Waals surface area (Å²) in [5, 5.41) is 0. The number of hydrogen-bond donors (Lipinski definition) is 1. The second-order valence-electron chi connectivity index (χ2n) is 4.24. The molecular formula is C13H21NOS. The Hall–Kier alpha value is -0.670. The van der Waals surface area contributed by atoms with Crippen LogP contribution in [0, 0.1) is 5.92 Å². The zero-order valence-corrected chi connectivity index (χ0v) is 10.7. The van der Waals surface area contributed by atoms with E-state index in [9.17, 15) is 4.21 Å². The van der Waals surface area contributed by atoms with Crippen LogP contribution in [0.25, 0.3) is 0 Å². The summed E-state index contributed by atoms with van der Waals surface area (Å²) in [4.78, 5) is 0. The molecule has 0 aliphatic carbocycles. The number of aryl methyl sites for hydroxylation is 1. The van der Waals surface area contributed by atoms with Crippen LogP contribution in [0.2, 0.25) is 0 Å². The summed E-state index contributed by atoms with van der Waals surface area (Å²) < 4.78 is 11.7. The predicted octanol–water partition coefficient (Wildman–Crippen LogP) is 1.96. The molecule has 90 valence electrons. The zero-order chi connectivity index (χ0) is 11.8. The van der Waals surface area contributed by atoms with E-state index >= 15 is 0 Å². The summed E-state index contributed by atoms with van der Waals surface area (Å²) >= 11 is 0. The summed E-state index contributed by atoms with van der Waals surface area (Å²) in [5.74, 6) is 1.91. The van der Waals surface area contributed by atoms with Crippen molar-refractivity contribution in [3.8, 4) is 0 Å². The molecule has 1 aromatic carbocycles. The summed E-state index contributed by atoms with van der Waals surface area (Å²) in [6, 6.07) is 10.3. The van der Waals surface area contributed by atoms with Gasteiger partial charge in [-0.05, 0) is 30.9 Å². The summed E-state index contributed by atoms with van der Waals surface area (Å²) in [6.45, 7) is 2.68. The van der Waals surface area contributed by atoms with Gasteiger partial charge in [-0.25, -0.2) is 0 Å². The minimum Gasteiger partial charge on any atom is -0.330 e. The molecule has 0 saturated carbocycles. The molecule has 0 spiro atoms. The highest BCUT2D eigenvalue weighted by Crippen LogP contribution is 2.04. The molecule has 0 fully saturated rings. The van der Waals surface area contributed by atoms with E-state index in [1.54, 1.807) is 0 Å². The first-order chi connectivity index (χ1) is 7.72. The molecule has 0 aliphatic rings. The quantitative estimate of drug-likeness (QED) is 0.790. The molecule has 0 aromatic heterocycles. The summed E-state index contributed by atoms with van der Waals surface area (Å²) in [6.07, 6.45) is 2.01. The van der Waals surface area contributed by atoms with Gasteiger partial charge in [-0.3, -0.25) is 4.21 Å². The van der Waals surface area contributed by atoms with E-state index in [1.807, 2.05) is 18.2 Å². The Bertz CT molecular complexity index is 313. The molecule has 3 heteroatoms. The number of nitrogens with two attached hydrogens (primary N) is 1. The van der Waals surface area contributed by atoms with Gasteiger partial charge in [0.2, 0.25) is 0 Å². The Morgan fingerprint density at radius 1 is 1.31 bits per heavy atom. The Labute approximate surface area is 101 Å². The maximum atomic E-state index is 11.7. The van der Waals surface area contributed by atoms with Gasteiger partial charge in [0.25, 0.3) is 0 Å². The van der Waals surface area contributed by atoms with Crippen LogP contribution in [0.15, 0.2) is 30.3 Å². The minimum atomic E-state index is -0.704. The molecule has 2 unspecified atom stereocenters. The fourth-order valence-corrected chi connectivity index (χ4v) is 2.95. The molecule has 1 aromatic rings. The Morgan fingerprint density at radius 2 is 2.00 bits per heavy atom. The van der Waals surface area contributed by atoms with E-state index in [1.165, 1.54) is 5.56 Å². The van der Waals surface area contributed by atoms with Gasteiger partial charge < -0.3 is 5.73 Å². The average Bonchev–Trinajstić information content (AvgIpc) is 2.30. The van der Waals surface area contributed by atoms with Crippen LogP contribution in [-0.4, -0.2) is 22.3 Å². The first kappa shape index (κ1) is 13.4. The molecule has 0 bridgehead atoms. The van der Waals surface area contributed by atoms with Gasteiger partial charge in [0.1, 0.15) is 0 Å². The fraction of sp³-hybridized carbons (Fsp3) is 0.538. The average molecular weight is 239 g/mol. The van der Waals surface area contributed by atoms with E-state index in [0.717, 1.165) is 24.3 Å². The van der Waals surface area contributed by atoms with Crippen molar-refractivity contribution in [1.82, 2.24) is 0 Å². The van der Waals surface area contributed by atoms with Crippen LogP contribution in [-0.2, 0) is 17.2 Å². The molecule has 16 heavy (non-hydrogen) atoms. The molecule has 0 amide bonds. The SMILES string of the molecule is CC(CN)CS(=O)CCCc1ccccc1. The monoisotopic (exact) mass is 239 g/mol. The van der Waals surface area contributed by atoms with Crippen LogP contribution in [0.5, 0.6) is 0 Å². The molecular weight excluding hydrogens is 218 g/mol. The van der Waals surface area contributed by atoms with Crippen molar-refractivity contribution in [1.29, 1.82) is 0 Å². The molecule has 0 aliphatic heterocycles. The summed E-state index contributed by atoms with van der Waals surface area (Å²) in [7, 11) is -0.704. The lowest BCUT2D eigenvalue weighted by molar-refractivity contribution is 0.639. The van der Waals surface area contributed by atoms with Gasteiger partial charge >= 0.3 is 0 Å². The highest BCUT2D eigenvalue weighted by molar-refractivity contribution is 7.84. The third-order valence-corrected chi connectivity index (χ3v) is 4.24. The summed E-state index contributed by atoms with van der Waals surface area (Å²) in [5.41, 5.74) is 6.83. The molecule has 0 saturated heterocycles. The van der Waals surface area contributed by atoms with Crippen LogP contribution >= 0.6 is 0 Å². The van der Waals surface area contributed by atoms with E-state index in [-0.39, 0.29) is 0 Å². The van der Waals surface area contributed by atoms with Gasteiger partial charge in [-0.1, -0.05) is 37.3 Å². The van der Waals surface area contributed by atoms with Crippen molar-refractivity contribution in [3.05, 3.63) is 35.9 Å². The van der Waals surface area contributed by atoms with Crippen LogP contribution < -0.4 is 5.73 Å². The Balaban J connectivity index is 2.18. The minimum absolute atomic E-state index is 0.373. The number of hydrogen-bond acceptors (Lipinski definition) is 2. The lowest BCUT2D eigenvalue weighted by Crippen LogP contribution is -2.19. The van der Waals surface area contributed by atoms with Gasteiger partial charge in [0.05, 0.1) is 0 Å². The third-order valence-electron chi connectivity index (χ3n) is 2.55. The standard InChI is InChI=1S/C13H21NOS/c1-12(10-14)11-16(15)9-5-8-13-6-3-2-4-7-13/h2-4,6-7,12H,5,8-11,14H2,1H3. The first-order valence-electron chi connectivity index (χ1n) is 5.81. The molecule has 2 N–H and O–H groups in total. The van der Waals surface area contributed by atoms with Crippen molar-refractivity contribution in [2.45, 2.75) is 19.8 Å². The predicted molar refractivity (Wildman–Crippen MR) is 70.9 cm³/mol. The van der Waals surface area contributed by atoms with Crippen molar-refractivity contribution >= 4 is 10.8 Å². The second-order valence-corrected chi connectivity index (χ2v) is 5.86. The van der Waals surface area contributed by atoms with E-state index in [0.29, 0.717) is 12.5 Å². The highest BCUT2D eigenvalue weighted by Gasteiger charge is 2.05. The van der Waals surface area contributed by atoms with Crippen LogP contribution in [0.4, 0.5) is 0 Å². The van der Waals surface area contributed by atoms with Crippen molar-refractivity contribution in [2.24, 2.45) is 11.7 Å².